The van der Waals surface area contributed by atoms with Crippen molar-refractivity contribution in [1.29, 1.82) is 0 Å². The summed E-state index contributed by atoms with van der Waals surface area (Å²) in [5.74, 6) is 0. The number of pyridine rings is 1. The molecule has 0 aliphatic heterocycles. The minimum Gasteiger partial charge on any atom is -0.252 e. The molecule has 26 heavy (non-hydrogen) atoms. The summed E-state index contributed by atoms with van der Waals surface area (Å²) >= 11 is 0. The molecule has 0 N–H and O–H groups in total. The third-order valence-corrected chi connectivity index (χ3v) is 5.45. The van der Waals surface area contributed by atoms with Crippen LogP contribution in [0.4, 0.5) is 0 Å². The van der Waals surface area contributed by atoms with Crippen molar-refractivity contribution in [2.24, 2.45) is 0 Å². The summed E-state index contributed by atoms with van der Waals surface area (Å²) in [7, 11) is 0. The molecular formula is C25H33N. The molecular weight excluding hydrogens is 314 g/mol. The van der Waals surface area contributed by atoms with Crippen LogP contribution in [0.15, 0.2) is 42.5 Å². The highest BCUT2D eigenvalue weighted by molar-refractivity contribution is 6.05. The number of fused-ring (bicyclic) bond motifs is 3. The van der Waals surface area contributed by atoms with Crippen LogP contribution in [0.2, 0.25) is 0 Å². The molecule has 0 saturated heterocycles. The molecule has 0 radical (unpaired) electrons. The molecule has 1 aromatic heterocycles. The molecule has 1 heterocycles. The summed E-state index contributed by atoms with van der Waals surface area (Å²) < 4.78 is 0. The van der Waals surface area contributed by atoms with Gasteiger partial charge in [0.05, 0.1) is 5.52 Å². The van der Waals surface area contributed by atoms with Crippen molar-refractivity contribution in [3.63, 3.8) is 0 Å². The molecule has 0 aliphatic carbocycles. The molecule has 1 heteroatoms. The van der Waals surface area contributed by atoms with Crippen molar-refractivity contribution in [2.75, 3.05) is 0 Å². The molecule has 138 valence electrons. The zero-order valence-electron chi connectivity index (χ0n) is 16.6. The van der Waals surface area contributed by atoms with Crippen LogP contribution in [0.5, 0.6) is 0 Å². The van der Waals surface area contributed by atoms with E-state index in [0.29, 0.717) is 0 Å². The highest BCUT2D eigenvalue weighted by Gasteiger charge is 2.09. The van der Waals surface area contributed by atoms with Crippen LogP contribution < -0.4 is 0 Å². The highest BCUT2D eigenvalue weighted by atomic mass is 14.7. The first-order chi connectivity index (χ1) is 12.8. The second-order valence-electron chi connectivity index (χ2n) is 7.57. The first-order valence-corrected chi connectivity index (χ1v) is 10.6. The Balaban J connectivity index is 1.92. The lowest BCUT2D eigenvalue weighted by Crippen LogP contribution is -2.00. The Morgan fingerprint density at radius 2 is 1.38 bits per heavy atom. The Morgan fingerprint density at radius 3 is 2.15 bits per heavy atom. The van der Waals surface area contributed by atoms with Gasteiger partial charge >= 0.3 is 0 Å². The maximum absolute atomic E-state index is 5.20. The zero-order valence-corrected chi connectivity index (χ0v) is 16.6. The normalized spacial score (nSPS) is 11.5. The van der Waals surface area contributed by atoms with Crippen molar-refractivity contribution < 1.29 is 0 Å². The van der Waals surface area contributed by atoms with Crippen LogP contribution in [0.25, 0.3) is 21.7 Å². The fourth-order valence-electron chi connectivity index (χ4n) is 3.89. The van der Waals surface area contributed by atoms with E-state index in [0.717, 1.165) is 6.42 Å². The van der Waals surface area contributed by atoms with Gasteiger partial charge in [0.2, 0.25) is 0 Å². The summed E-state index contributed by atoms with van der Waals surface area (Å²) in [5.41, 5.74) is 4.02. The van der Waals surface area contributed by atoms with E-state index in [4.69, 9.17) is 4.98 Å². The minimum absolute atomic E-state index is 1.13. The van der Waals surface area contributed by atoms with Crippen molar-refractivity contribution in [2.45, 2.75) is 78.1 Å². The van der Waals surface area contributed by atoms with Crippen molar-refractivity contribution >= 4 is 21.7 Å². The average Bonchev–Trinajstić information content (AvgIpc) is 2.68. The SMILES string of the molecule is CCCCCCc1cc2ccc3ccccc3c2nc1CCCCCC. The van der Waals surface area contributed by atoms with E-state index in [2.05, 4.69) is 56.3 Å². The summed E-state index contributed by atoms with van der Waals surface area (Å²) in [4.78, 5) is 5.20. The molecule has 1 nitrogen and oxygen atoms in total. The maximum atomic E-state index is 5.20. The molecule has 0 saturated carbocycles. The van der Waals surface area contributed by atoms with Gasteiger partial charge in [-0.25, -0.2) is 0 Å². The third-order valence-electron chi connectivity index (χ3n) is 5.45. The fourth-order valence-corrected chi connectivity index (χ4v) is 3.89. The van der Waals surface area contributed by atoms with Gasteiger partial charge in [-0.1, -0.05) is 88.8 Å². The van der Waals surface area contributed by atoms with E-state index in [1.807, 2.05) is 0 Å². The van der Waals surface area contributed by atoms with Crippen LogP contribution in [-0.4, -0.2) is 4.98 Å². The number of aryl methyl sites for hydroxylation is 2. The lowest BCUT2D eigenvalue weighted by Gasteiger charge is -2.12. The number of hydrogen-bond acceptors (Lipinski definition) is 1. The fraction of sp³-hybridized carbons (Fsp3) is 0.480. The van der Waals surface area contributed by atoms with Gasteiger partial charge in [0.1, 0.15) is 0 Å². The Kier molecular flexibility index (Phi) is 7.05. The second-order valence-corrected chi connectivity index (χ2v) is 7.57. The van der Waals surface area contributed by atoms with Crippen LogP contribution in [-0.2, 0) is 12.8 Å². The molecule has 0 amide bonds. The van der Waals surface area contributed by atoms with Crippen LogP contribution >= 0.6 is 0 Å². The number of unbranched alkanes of at least 4 members (excludes halogenated alkanes) is 6. The largest absolute Gasteiger partial charge is 0.252 e. The van der Waals surface area contributed by atoms with Crippen molar-refractivity contribution in [3.05, 3.63) is 53.7 Å². The molecule has 2 aromatic carbocycles. The molecule has 0 bridgehead atoms. The average molecular weight is 348 g/mol. The Hall–Kier alpha value is -1.89. The van der Waals surface area contributed by atoms with E-state index >= 15 is 0 Å². The summed E-state index contributed by atoms with van der Waals surface area (Å²) in [6.45, 7) is 4.56. The highest BCUT2D eigenvalue weighted by Crippen LogP contribution is 2.27. The third kappa shape index (κ3) is 4.63. The summed E-state index contributed by atoms with van der Waals surface area (Å²) in [6, 6.07) is 15.6. The van der Waals surface area contributed by atoms with E-state index in [-0.39, 0.29) is 0 Å². The summed E-state index contributed by atoms with van der Waals surface area (Å²) in [6.07, 6.45) is 12.8. The van der Waals surface area contributed by atoms with Gasteiger partial charge in [-0.3, -0.25) is 4.98 Å². The molecule has 3 aromatic rings. The Morgan fingerprint density at radius 1 is 0.692 bits per heavy atom. The van der Waals surface area contributed by atoms with Gasteiger partial charge in [-0.2, -0.15) is 0 Å². The van der Waals surface area contributed by atoms with Crippen molar-refractivity contribution in [1.82, 2.24) is 4.98 Å². The van der Waals surface area contributed by atoms with Gasteiger partial charge in [0.15, 0.2) is 0 Å². The molecule has 0 fully saturated rings. The lowest BCUT2D eigenvalue weighted by atomic mass is 9.97. The van der Waals surface area contributed by atoms with E-state index in [9.17, 15) is 0 Å². The number of benzene rings is 2. The van der Waals surface area contributed by atoms with Crippen LogP contribution in [0.3, 0.4) is 0 Å². The predicted octanol–water partition coefficient (Wildman–Crippen LogP) is 7.63. The predicted molar refractivity (Wildman–Crippen MR) is 115 cm³/mol. The van der Waals surface area contributed by atoms with Crippen molar-refractivity contribution in [3.8, 4) is 0 Å². The van der Waals surface area contributed by atoms with E-state index in [1.54, 1.807) is 0 Å². The van der Waals surface area contributed by atoms with Crippen LogP contribution in [0, 0.1) is 0 Å². The smallest absolute Gasteiger partial charge is 0.0783 e. The van der Waals surface area contributed by atoms with Gasteiger partial charge in [-0.15, -0.1) is 0 Å². The van der Waals surface area contributed by atoms with E-state index in [1.165, 1.54) is 90.7 Å². The molecule has 3 rings (SSSR count). The van der Waals surface area contributed by atoms with E-state index < -0.39 is 0 Å². The second kappa shape index (κ2) is 9.71. The Labute approximate surface area is 158 Å². The van der Waals surface area contributed by atoms with Crippen LogP contribution in [0.1, 0.15) is 76.5 Å². The lowest BCUT2D eigenvalue weighted by molar-refractivity contribution is 0.645. The molecule has 0 unspecified atom stereocenters. The molecule has 0 aliphatic rings. The first-order valence-electron chi connectivity index (χ1n) is 10.6. The standard InChI is InChI=1S/C25H33N/c1-3-5-7-9-14-21-19-22-18-17-20-13-11-12-15-23(20)25(22)26-24(21)16-10-8-6-4-2/h11-13,15,17-19H,3-10,14,16H2,1-2H3. The van der Waals surface area contributed by atoms with Gasteiger partial charge < -0.3 is 0 Å². The number of hydrogen-bond donors (Lipinski definition) is 0. The summed E-state index contributed by atoms with van der Waals surface area (Å²) in [5, 5.41) is 3.88. The number of nitrogens with zero attached hydrogens (tertiary/aromatic N) is 1. The van der Waals surface area contributed by atoms with Gasteiger partial charge in [0, 0.05) is 16.5 Å². The number of aromatic nitrogens is 1. The monoisotopic (exact) mass is 347 g/mol. The minimum atomic E-state index is 1.13. The molecule has 0 atom stereocenters. The van der Waals surface area contributed by atoms with Gasteiger partial charge in [-0.05, 0) is 42.7 Å². The Bertz CT molecular complexity index is 834. The zero-order chi connectivity index (χ0) is 18.2. The number of rotatable bonds is 10. The first kappa shape index (κ1) is 18.9. The van der Waals surface area contributed by atoms with Gasteiger partial charge in [0.25, 0.3) is 0 Å². The maximum Gasteiger partial charge on any atom is 0.0783 e. The molecule has 0 spiro atoms. The topological polar surface area (TPSA) is 12.9 Å². The quantitative estimate of drug-likeness (QED) is 0.271.